The van der Waals surface area contributed by atoms with E-state index in [9.17, 15) is 4.79 Å². The van der Waals surface area contributed by atoms with Crippen LogP contribution in [0.15, 0.2) is 72.4 Å². The second-order valence-electron chi connectivity index (χ2n) is 5.54. The van der Waals surface area contributed by atoms with Crippen molar-refractivity contribution in [2.75, 3.05) is 6.54 Å². The normalized spacial score (nSPS) is 11.7. The van der Waals surface area contributed by atoms with E-state index in [4.69, 9.17) is 12.2 Å². The molecule has 1 atom stereocenters. The maximum absolute atomic E-state index is 13.0. The van der Waals surface area contributed by atoms with Crippen molar-refractivity contribution in [1.82, 2.24) is 5.32 Å². The number of aromatic nitrogens is 1. The number of nitrogens with one attached hydrogen (secondary N) is 1. The molecule has 0 aliphatic heterocycles. The number of benzene rings is 1. The first-order valence-electron chi connectivity index (χ1n) is 8.12. The van der Waals surface area contributed by atoms with Crippen LogP contribution in [0.3, 0.4) is 0 Å². The Hall–Kier alpha value is -2.37. The van der Waals surface area contributed by atoms with E-state index < -0.39 is 6.04 Å². The lowest BCUT2D eigenvalue weighted by molar-refractivity contribution is -0.691. The molecule has 1 aromatic carbocycles. The van der Waals surface area contributed by atoms with Gasteiger partial charge in [0.1, 0.15) is 0 Å². The van der Waals surface area contributed by atoms with Crippen LogP contribution in [0.1, 0.15) is 22.6 Å². The molecule has 0 amide bonds. The highest BCUT2D eigenvalue weighted by molar-refractivity contribution is 7.80. The van der Waals surface area contributed by atoms with E-state index in [1.54, 1.807) is 0 Å². The SMILES string of the molecule is CCNC(=S)C(C(=O)c1cccs1)[n+]1cccc(-c2ccccc2)c1. The molecular weight excluding hydrogens is 348 g/mol. The van der Waals surface area contributed by atoms with Crippen molar-refractivity contribution in [3.05, 3.63) is 77.2 Å². The van der Waals surface area contributed by atoms with Gasteiger partial charge in [0.05, 0.1) is 4.88 Å². The summed E-state index contributed by atoms with van der Waals surface area (Å²) in [6.45, 7) is 2.66. The Kier molecular flexibility index (Phi) is 5.68. The topological polar surface area (TPSA) is 33.0 Å². The number of thiocarbonyl (C=S) groups is 1. The van der Waals surface area contributed by atoms with Crippen LogP contribution in [0.25, 0.3) is 11.1 Å². The highest BCUT2D eigenvalue weighted by Gasteiger charge is 2.33. The minimum Gasteiger partial charge on any atom is -0.374 e. The van der Waals surface area contributed by atoms with Crippen molar-refractivity contribution in [3.63, 3.8) is 0 Å². The summed E-state index contributed by atoms with van der Waals surface area (Å²) >= 11 is 6.96. The van der Waals surface area contributed by atoms with Crippen molar-refractivity contribution in [3.8, 4) is 11.1 Å². The first-order valence-corrected chi connectivity index (χ1v) is 9.41. The number of carbonyl (C=O) groups excluding carboxylic acids is 1. The van der Waals surface area contributed by atoms with Gasteiger partial charge in [0.15, 0.2) is 17.4 Å². The van der Waals surface area contributed by atoms with Crippen LogP contribution in [0.2, 0.25) is 0 Å². The number of hydrogen-bond donors (Lipinski definition) is 1. The van der Waals surface area contributed by atoms with Crippen molar-refractivity contribution >= 4 is 34.3 Å². The lowest BCUT2D eigenvalue weighted by atomic mass is 10.1. The number of nitrogens with zero attached hydrogens (tertiary/aromatic N) is 1. The average Bonchev–Trinajstić information content (AvgIpc) is 3.18. The molecule has 0 bridgehead atoms. The zero-order chi connectivity index (χ0) is 17.6. The summed E-state index contributed by atoms with van der Waals surface area (Å²) in [5.74, 6) is 0.0103. The molecule has 0 radical (unpaired) electrons. The third kappa shape index (κ3) is 4.00. The van der Waals surface area contributed by atoms with E-state index in [1.807, 2.05) is 71.7 Å². The van der Waals surface area contributed by atoms with Crippen molar-refractivity contribution in [2.24, 2.45) is 0 Å². The highest BCUT2D eigenvalue weighted by Crippen LogP contribution is 2.19. The molecule has 1 unspecified atom stereocenters. The molecule has 0 saturated carbocycles. The number of ketones is 1. The smallest absolute Gasteiger partial charge is 0.271 e. The van der Waals surface area contributed by atoms with Gasteiger partial charge in [0.25, 0.3) is 6.04 Å². The molecule has 3 nitrogen and oxygen atoms in total. The minimum atomic E-state index is -0.544. The Morgan fingerprint density at radius 3 is 2.56 bits per heavy atom. The van der Waals surface area contributed by atoms with Crippen LogP contribution < -0.4 is 9.88 Å². The predicted molar refractivity (Wildman–Crippen MR) is 106 cm³/mol. The van der Waals surface area contributed by atoms with E-state index in [0.29, 0.717) is 16.4 Å². The number of carbonyl (C=O) groups is 1. The summed E-state index contributed by atoms with van der Waals surface area (Å²) in [5, 5.41) is 5.05. The number of thiophene rings is 1. The lowest BCUT2D eigenvalue weighted by Crippen LogP contribution is -2.51. The third-order valence-corrected chi connectivity index (χ3v) is 5.09. The first-order chi connectivity index (χ1) is 12.2. The molecule has 0 aliphatic carbocycles. The molecule has 0 saturated heterocycles. The van der Waals surface area contributed by atoms with E-state index >= 15 is 0 Å². The lowest BCUT2D eigenvalue weighted by Gasteiger charge is -2.13. The van der Waals surface area contributed by atoms with Crippen LogP contribution in [0.4, 0.5) is 0 Å². The molecule has 1 N–H and O–H groups in total. The molecule has 0 spiro atoms. The number of likely N-dealkylation sites (N-methyl/N-ethyl adjacent to an activating group) is 1. The summed E-state index contributed by atoms with van der Waals surface area (Å²) in [6.07, 6.45) is 3.88. The van der Waals surface area contributed by atoms with E-state index in [-0.39, 0.29) is 5.78 Å². The Balaban J connectivity index is 2.01. The Morgan fingerprint density at radius 1 is 1.12 bits per heavy atom. The van der Waals surface area contributed by atoms with Gasteiger partial charge in [0.2, 0.25) is 5.78 Å². The predicted octanol–water partition coefficient (Wildman–Crippen LogP) is 4.06. The number of rotatable bonds is 6. The third-order valence-electron chi connectivity index (χ3n) is 3.84. The van der Waals surface area contributed by atoms with Crippen LogP contribution >= 0.6 is 23.6 Å². The second kappa shape index (κ2) is 8.14. The summed E-state index contributed by atoms with van der Waals surface area (Å²) in [5.41, 5.74) is 2.15. The Labute approximate surface area is 157 Å². The molecule has 25 heavy (non-hydrogen) atoms. The largest absolute Gasteiger partial charge is 0.374 e. The van der Waals surface area contributed by atoms with E-state index in [1.165, 1.54) is 11.3 Å². The first kappa shape index (κ1) is 17.5. The van der Waals surface area contributed by atoms with Crippen LogP contribution in [-0.2, 0) is 0 Å². The molecule has 0 aliphatic rings. The van der Waals surface area contributed by atoms with Gasteiger partial charge in [-0.2, -0.15) is 4.57 Å². The van der Waals surface area contributed by atoms with Crippen LogP contribution in [0.5, 0.6) is 0 Å². The van der Waals surface area contributed by atoms with Gasteiger partial charge in [-0.05, 0) is 30.0 Å². The van der Waals surface area contributed by atoms with Gasteiger partial charge in [0, 0.05) is 18.2 Å². The maximum Gasteiger partial charge on any atom is 0.271 e. The quantitative estimate of drug-likeness (QED) is 0.405. The number of pyridine rings is 1. The molecule has 126 valence electrons. The Morgan fingerprint density at radius 2 is 1.88 bits per heavy atom. The summed E-state index contributed by atoms with van der Waals surface area (Å²) in [6, 6.07) is 17.3. The molecular formula is C20H19N2OS2+. The van der Waals surface area contributed by atoms with Crippen molar-refractivity contribution < 1.29 is 9.36 Å². The zero-order valence-corrected chi connectivity index (χ0v) is 15.5. The van der Waals surface area contributed by atoms with Gasteiger partial charge >= 0.3 is 0 Å². The van der Waals surface area contributed by atoms with Crippen molar-refractivity contribution in [1.29, 1.82) is 0 Å². The highest BCUT2D eigenvalue weighted by atomic mass is 32.1. The minimum absolute atomic E-state index is 0.0103. The van der Waals surface area contributed by atoms with Crippen LogP contribution in [-0.4, -0.2) is 17.3 Å². The standard InChI is InChI=1S/C20H18N2OS2/c1-2-21-20(24)18(19(23)17-11-7-13-25-17)22-12-6-10-16(14-22)15-8-4-3-5-9-15/h3-14,18H,2H2,1H3/p+1. The molecule has 3 rings (SSSR count). The molecule has 2 aromatic heterocycles. The number of Topliss-reactive ketones (excluding diaryl/α,β-unsaturated/α-hetero) is 1. The molecule has 5 heteroatoms. The van der Waals surface area contributed by atoms with Gasteiger partial charge in [-0.3, -0.25) is 4.79 Å². The molecule has 3 aromatic rings. The summed E-state index contributed by atoms with van der Waals surface area (Å²) in [4.78, 5) is 14.3. The van der Waals surface area contributed by atoms with Gasteiger partial charge < -0.3 is 5.32 Å². The number of hydrogen-bond acceptors (Lipinski definition) is 3. The van der Waals surface area contributed by atoms with E-state index in [0.717, 1.165) is 11.1 Å². The molecule has 2 heterocycles. The van der Waals surface area contributed by atoms with Gasteiger partial charge in [-0.15, -0.1) is 11.3 Å². The monoisotopic (exact) mass is 367 g/mol. The fourth-order valence-electron chi connectivity index (χ4n) is 2.67. The summed E-state index contributed by atoms with van der Waals surface area (Å²) in [7, 11) is 0. The van der Waals surface area contributed by atoms with E-state index in [2.05, 4.69) is 17.4 Å². The molecule has 0 fully saturated rings. The maximum atomic E-state index is 13.0. The fraction of sp³-hybridized carbons (Fsp3) is 0.150. The van der Waals surface area contributed by atoms with Gasteiger partial charge in [-0.25, -0.2) is 0 Å². The average molecular weight is 368 g/mol. The fourth-order valence-corrected chi connectivity index (χ4v) is 3.73. The summed E-state index contributed by atoms with van der Waals surface area (Å²) < 4.78 is 1.90. The van der Waals surface area contributed by atoms with Crippen LogP contribution in [0, 0.1) is 0 Å². The van der Waals surface area contributed by atoms with Gasteiger partial charge in [-0.1, -0.05) is 48.6 Å². The van der Waals surface area contributed by atoms with Crippen molar-refractivity contribution in [2.45, 2.75) is 13.0 Å². The zero-order valence-electron chi connectivity index (χ0n) is 13.9. The Bertz CT molecular complexity index is 860. The second-order valence-corrected chi connectivity index (χ2v) is 6.93.